The largest absolute Gasteiger partial charge is 0.352 e. The van der Waals surface area contributed by atoms with Crippen molar-refractivity contribution < 1.29 is 19.4 Å². The Morgan fingerprint density at radius 3 is 2.41 bits per heavy atom. The third kappa shape index (κ3) is 6.41. The van der Waals surface area contributed by atoms with Crippen LogP contribution in [0.15, 0.2) is 48.5 Å². The van der Waals surface area contributed by atoms with Gasteiger partial charge in [0.1, 0.15) is 32.7 Å². The minimum Gasteiger partial charge on any atom is -0.352 e. The van der Waals surface area contributed by atoms with Gasteiger partial charge in [0.25, 0.3) is 11.8 Å². The molecule has 0 saturated carbocycles. The number of nitrogens with one attached hydrogen (secondary N) is 4. The maximum absolute atomic E-state index is 12.5. The molecule has 2 aromatic carbocycles. The van der Waals surface area contributed by atoms with E-state index in [2.05, 4.69) is 41.8 Å². The molecule has 1 heterocycles. The van der Waals surface area contributed by atoms with E-state index < -0.39 is 0 Å². The number of carbonyl (C=O) groups excluding carboxylic acids is 2. The zero-order chi connectivity index (χ0) is 20.6. The molecule has 6 nitrogen and oxygen atoms in total. The number of hydrogen-bond donors (Lipinski definition) is 4. The molecule has 0 aliphatic carbocycles. The van der Waals surface area contributed by atoms with Gasteiger partial charge in [-0.15, -0.1) is 0 Å². The first-order chi connectivity index (χ1) is 14.0. The molecule has 0 spiro atoms. The maximum Gasteiger partial charge on any atom is 0.279 e. The molecule has 3 rings (SSSR count). The first-order valence-electron chi connectivity index (χ1n) is 10.4. The summed E-state index contributed by atoms with van der Waals surface area (Å²) < 4.78 is 0. The summed E-state index contributed by atoms with van der Waals surface area (Å²) in [7, 11) is 0. The number of rotatable bonds is 7. The Balaban J connectivity index is 1.45. The van der Waals surface area contributed by atoms with Crippen molar-refractivity contribution >= 4 is 17.5 Å². The quantitative estimate of drug-likeness (QED) is 0.518. The van der Waals surface area contributed by atoms with E-state index in [4.69, 9.17) is 0 Å². The zero-order valence-electron chi connectivity index (χ0n) is 17.4. The van der Waals surface area contributed by atoms with Crippen LogP contribution < -0.4 is 20.4 Å². The molecule has 29 heavy (non-hydrogen) atoms. The number of carbonyl (C=O) groups is 2. The number of hydrogen-bond acceptors (Lipinski definition) is 2. The molecule has 0 bridgehead atoms. The molecule has 1 aliphatic rings. The average Bonchev–Trinajstić information content (AvgIpc) is 2.70. The first-order valence-corrected chi connectivity index (χ1v) is 10.4. The van der Waals surface area contributed by atoms with E-state index in [-0.39, 0.29) is 11.8 Å². The lowest BCUT2D eigenvalue weighted by molar-refractivity contribution is -1.02. The third-order valence-electron chi connectivity index (χ3n) is 5.36. The Labute approximate surface area is 172 Å². The molecule has 1 fully saturated rings. The van der Waals surface area contributed by atoms with Gasteiger partial charge in [-0.3, -0.25) is 9.59 Å². The molecule has 6 heteroatoms. The Hall–Kier alpha value is -2.70. The predicted molar refractivity (Wildman–Crippen MR) is 114 cm³/mol. The lowest BCUT2D eigenvalue weighted by Gasteiger charge is -2.29. The molecule has 2 amide bonds. The van der Waals surface area contributed by atoms with Crippen LogP contribution in [0.5, 0.6) is 0 Å². The summed E-state index contributed by atoms with van der Waals surface area (Å²) in [4.78, 5) is 27.3. The van der Waals surface area contributed by atoms with Gasteiger partial charge >= 0.3 is 0 Å². The number of anilines is 1. The van der Waals surface area contributed by atoms with E-state index >= 15 is 0 Å². The summed E-state index contributed by atoms with van der Waals surface area (Å²) in [6.45, 7) is 10.2. The molecule has 0 aromatic heterocycles. The Morgan fingerprint density at radius 2 is 1.69 bits per heavy atom. The minimum atomic E-state index is -0.123. The first kappa shape index (κ1) is 21.0. The molecule has 0 unspecified atom stereocenters. The van der Waals surface area contributed by atoms with E-state index in [0.717, 1.165) is 32.7 Å². The molecule has 4 N–H and O–H groups in total. The Morgan fingerprint density at radius 1 is 0.966 bits per heavy atom. The molecule has 1 saturated heterocycles. The van der Waals surface area contributed by atoms with E-state index in [1.165, 1.54) is 16.0 Å². The number of amides is 2. The van der Waals surface area contributed by atoms with Crippen LogP contribution in [0.2, 0.25) is 0 Å². The van der Waals surface area contributed by atoms with Gasteiger partial charge in [0.2, 0.25) is 0 Å². The van der Waals surface area contributed by atoms with Gasteiger partial charge in [0, 0.05) is 23.4 Å². The van der Waals surface area contributed by atoms with Crippen molar-refractivity contribution in [3.63, 3.8) is 0 Å². The fraction of sp³-hybridized carbons (Fsp3) is 0.391. The van der Waals surface area contributed by atoms with Crippen molar-refractivity contribution in [3.05, 3.63) is 65.2 Å². The van der Waals surface area contributed by atoms with Crippen molar-refractivity contribution in [2.24, 2.45) is 0 Å². The molecule has 2 aromatic rings. The highest BCUT2D eigenvalue weighted by Crippen LogP contribution is 2.10. The summed E-state index contributed by atoms with van der Waals surface area (Å²) in [5.41, 5.74) is 3.92. The number of benzene rings is 2. The van der Waals surface area contributed by atoms with Crippen LogP contribution in [-0.4, -0.2) is 51.1 Å². The Bertz CT molecular complexity index is 844. The van der Waals surface area contributed by atoms with Gasteiger partial charge in [-0.05, 0) is 32.0 Å². The van der Waals surface area contributed by atoms with Gasteiger partial charge in [-0.1, -0.05) is 35.9 Å². The molecule has 1 aliphatic heterocycles. The summed E-state index contributed by atoms with van der Waals surface area (Å²) in [5, 5.41) is 5.71. The van der Waals surface area contributed by atoms with Crippen LogP contribution in [0.1, 0.15) is 28.4 Å². The standard InChI is InChI=1S/C23H30N4O2/c1-3-24-23(29)20-8-5-9-21(15-20)25-22(28)17-27-12-10-26(11-13-27)16-19-7-4-6-18(2)14-19/h4-9,14-15H,3,10-13,16-17H2,1-2H3,(H,24,29)(H,25,28)/p+2. The van der Waals surface area contributed by atoms with Gasteiger partial charge in [-0.25, -0.2) is 0 Å². The topological polar surface area (TPSA) is 67.1 Å². The second kappa shape index (κ2) is 10.2. The van der Waals surface area contributed by atoms with Gasteiger partial charge in [-0.2, -0.15) is 0 Å². The number of aryl methyl sites for hydroxylation is 1. The highest BCUT2D eigenvalue weighted by atomic mass is 16.2. The van der Waals surface area contributed by atoms with E-state index in [1.54, 1.807) is 23.1 Å². The molecule has 154 valence electrons. The van der Waals surface area contributed by atoms with E-state index in [0.29, 0.717) is 24.3 Å². The number of quaternary nitrogens is 2. The van der Waals surface area contributed by atoms with Crippen molar-refractivity contribution in [3.8, 4) is 0 Å². The summed E-state index contributed by atoms with van der Waals surface area (Å²) in [5.74, 6) is -0.128. The van der Waals surface area contributed by atoms with Crippen LogP contribution in [0.4, 0.5) is 5.69 Å². The fourth-order valence-corrected chi connectivity index (χ4v) is 3.85. The Kier molecular flexibility index (Phi) is 7.38. The molecular weight excluding hydrogens is 364 g/mol. The van der Waals surface area contributed by atoms with Crippen LogP contribution in [0, 0.1) is 6.92 Å². The average molecular weight is 397 g/mol. The molecule has 0 radical (unpaired) electrons. The second-order valence-corrected chi connectivity index (χ2v) is 7.83. The number of piperazine rings is 1. The van der Waals surface area contributed by atoms with Crippen molar-refractivity contribution in [1.29, 1.82) is 0 Å². The van der Waals surface area contributed by atoms with Crippen LogP contribution >= 0.6 is 0 Å². The summed E-state index contributed by atoms with van der Waals surface area (Å²) in [6.07, 6.45) is 0. The lowest BCUT2D eigenvalue weighted by atomic mass is 10.1. The van der Waals surface area contributed by atoms with Gasteiger partial charge in [0.15, 0.2) is 6.54 Å². The maximum atomic E-state index is 12.5. The SMILES string of the molecule is CCNC(=O)c1cccc(NC(=O)C[NH+]2CC[NH+](Cc3cccc(C)c3)CC2)c1. The van der Waals surface area contributed by atoms with Crippen LogP contribution in [0.3, 0.4) is 0 Å². The van der Waals surface area contributed by atoms with Crippen molar-refractivity contribution in [2.75, 3.05) is 44.6 Å². The normalized spacial score (nSPS) is 18.8. The fourth-order valence-electron chi connectivity index (χ4n) is 3.85. The van der Waals surface area contributed by atoms with E-state index in [9.17, 15) is 9.59 Å². The van der Waals surface area contributed by atoms with Crippen LogP contribution in [0.25, 0.3) is 0 Å². The summed E-state index contributed by atoms with van der Waals surface area (Å²) in [6, 6.07) is 15.8. The predicted octanol–water partition coefficient (Wildman–Crippen LogP) is -0.333. The second-order valence-electron chi connectivity index (χ2n) is 7.83. The monoisotopic (exact) mass is 396 g/mol. The zero-order valence-corrected chi connectivity index (χ0v) is 17.4. The van der Waals surface area contributed by atoms with Gasteiger partial charge in [0.05, 0.1) is 0 Å². The molecule has 0 atom stereocenters. The third-order valence-corrected chi connectivity index (χ3v) is 5.36. The van der Waals surface area contributed by atoms with E-state index in [1.807, 2.05) is 13.0 Å². The molecular formula is C23H32N4O2+2. The van der Waals surface area contributed by atoms with Gasteiger partial charge < -0.3 is 20.4 Å². The summed E-state index contributed by atoms with van der Waals surface area (Å²) >= 11 is 0. The van der Waals surface area contributed by atoms with Crippen molar-refractivity contribution in [2.45, 2.75) is 20.4 Å². The highest BCUT2D eigenvalue weighted by Gasteiger charge is 2.25. The van der Waals surface area contributed by atoms with Crippen molar-refractivity contribution in [1.82, 2.24) is 5.32 Å². The minimum absolute atomic E-state index is 0.00446. The highest BCUT2D eigenvalue weighted by molar-refractivity contribution is 5.97. The van der Waals surface area contributed by atoms with Crippen LogP contribution in [-0.2, 0) is 11.3 Å². The lowest BCUT2D eigenvalue weighted by Crippen LogP contribution is -3.28. The smallest absolute Gasteiger partial charge is 0.279 e.